The van der Waals surface area contributed by atoms with Gasteiger partial charge in [0.15, 0.2) is 11.5 Å². The van der Waals surface area contributed by atoms with Crippen LogP contribution in [0.25, 0.3) is 0 Å². The van der Waals surface area contributed by atoms with Gasteiger partial charge in [-0.25, -0.2) is 4.98 Å². The van der Waals surface area contributed by atoms with Crippen molar-refractivity contribution in [2.24, 2.45) is 5.92 Å². The van der Waals surface area contributed by atoms with E-state index in [-0.39, 0.29) is 25.2 Å². The summed E-state index contributed by atoms with van der Waals surface area (Å²) in [4.78, 5) is 29.8. The lowest BCUT2D eigenvalue weighted by Crippen LogP contribution is -2.29. The molecule has 142 valence electrons. The normalized spacial score (nSPS) is 20.8. The Morgan fingerprint density at radius 1 is 1.22 bits per heavy atom. The summed E-state index contributed by atoms with van der Waals surface area (Å²) in [5.74, 6) is -0.556. The van der Waals surface area contributed by atoms with Gasteiger partial charge < -0.3 is 19.5 Å². The predicted octanol–water partition coefficient (Wildman–Crippen LogP) is 1.11. The highest BCUT2D eigenvalue weighted by molar-refractivity contribution is 5.79. The van der Waals surface area contributed by atoms with Gasteiger partial charge in [0.05, 0.1) is 5.92 Å². The van der Waals surface area contributed by atoms with Gasteiger partial charge in [-0.1, -0.05) is 6.07 Å². The van der Waals surface area contributed by atoms with Crippen LogP contribution in [0, 0.1) is 5.92 Å². The number of nitrogens with zero attached hydrogens (tertiary/aromatic N) is 4. The van der Waals surface area contributed by atoms with Crippen LogP contribution in [0.3, 0.4) is 0 Å². The van der Waals surface area contributed by atoms with Crippen molar-refractivity contribution < 1.29 is 24.2 Å². The largest absolute Gasteiger partial charge is 0.481 e. The maximum atomic E-state index is 12.5. The Bertz CT molecular complexity index is 838. The summed E-state index contributed by atoms with van der Waals surface area (Å²) in [7, 11) is 0. The van der Waals surface area contributed by atoms with Crippen molar-refractivity contribution in [3.05, 3.63) is 36.4 Å². The van der Waals surface area contributed by atoms with E-state index in [1.165, 1.54) is 6.33 Å². The van der Waals surface area contributed by atoms with Crippen molar-refractivity contribution in [2.75, 3.05) is 19.9 Å². The third-order valence-corrected chi connectivity index (χ3v) is 5.06. The van der Waals surface area contributed by atoms with E-state index in [0.717, 1.165) is 5.56 Å². The van der Waals surface area contributed by atoms with Gasteiger partial charge in [0.1, 0.15) is 12.7 Å². The van der Waals surface area contributed by atoms with Gasteiger partial charge in [0.25, 0.3) is 0 Å². The number of carboxylic acid groups (broad SMARTS) is 1. The topological polar surface area (TPSA) is 107 Å². The van der Waals surface area contributed by atoms with E-state index in [4.69, 9.17) is 9.47 Å². The molecule has 3 heterocycles. The molecule has 1 amide bonds. The summed E-state index contributed by atoms with van der Waals surface area (Å²) in [5.41, 5.74) is 0.851. The molecule has 0 bridgehead atoms. The van der Waals surface area contributed by atoms with Crippen LogP contribution in [0.1, 0.15) is 24.3 Å². The fourth-order valence-corrected chi connectivity index (χ4v) is 3.64. The van der Waals surface area contributed by atoms with E-state index in [1.54, 1.807) is 22.0 Å². The molecule has 1 N–H and O–H groups in total. The summed E-state index contributed by atoms with van der Waals surface area (Å²) in [6.07, 6.45) is 4.04. The number of likely N-dealkylation sites (tertiary alicyclic amines) is 1. The molecule has 0 saturated carbocycles. The van der Waals surface area contributed by atoms with Crippen LogP contribution in [-0.2, 0) is 16.1 Å². The van der Waals surface area contributed by atoms with Crippen LogP contribution < -0.4 is 9.47 Å². The number of hydrogen-bond acceptors (Lipinski definition) is 6. The van der Waals surface area contributed by atoms with Crippen molar-refractivity contribution in [1.29, 1.82) is 0 Å². The highest BCUT2D eigenvalue weighted by atomic mass is 16.7. The first-order valence-corrected chi connectivity index (χ1v) is 8.84. The molecule has 27 heavy (non-hydrogen) atoms. The van der Waals surface area contributed by atoms with E-state index < -0.39 is 11.9 Å². The molecular formula is C18H20N4O5. The number of hydrogen-bond donors (Lipinski definition) is 1. The molecule has 9 nitrogen and oxygen atoms in total. The van der Waals surface area contributed by atoms with Crippen LogP contribution in [0.4, 0.5) is 0 Å². The van der Waals surface area contributed by atoms with Crippen LogP contribution in [0.2, 0.25) is 0 Å². The van der Waals surface area contributed by atoms with Crippen LogP contribution in [0.5, 0.6) is 11.5 Å². The van der Waals surface area contributed by atoms with Gasteiger partial charge in [-0.05, 0) is 24.1 Å². The highest BCUT2D eigenvalue weighted by Crippen LogP contribution is 2.39. The van der Waals surface area contributed by atoms with Gasteiger partial charge in [0, 0.05) is 32.0 Å². The Morgan fingerprint density at radius 3 is 2.85 bits per heavy atom. The number of carbonyl (C=O) groups excluding carboxylic acids is 1. The summed E-state index contributed by atoms with van der Waals surface area (Å²) in [6, 6.07) is 5.47. The number of amides is 1. The van der Waals surface area contributed by atoms with E-state index in [9.17, 15) is 14.7 Å². The average Bonchev–Trinajstić information content (AvgIpc) is 3.40. The number of carbonyl (C=O) groups is 2. The molecule has 2 atom stereocenters. The second kappa shape index (κ2) is 7.26. The lowest BCUT2D eigenvalue weighted by Gasteiger charge is -2.17. The molecule has 2 aromatic rings. The van der Waals surface area contributed by atoms with Gasteiger partial charge in [-0.15, -0.1) is 0 Å². The number of aryl methyl sites for hydroxylation is 1. The third kappa shape index (κ3) is 3.57. The van der Waals surface area contributed by atoms with Gasteiger partial charge in [-0.3, -0.25) is 14.3 Å². The Balaban J connectivity index is 1.42. The second-order valence-corrected chi connectivity index (χ2v) is 6.72. The van der Waals surface area contributed by atoms with Crippen LogP contribution in [-0.4, -0.2) is 56.5 Å². The molecule has 0 aliphatic carbocycles. The Hall–Kier alpha value is -3.10. The van der Waals surface area contributed by atoms with Gasteiger partial charge >= 0.3 is 5.97 Å². The fraction of sp³-hybridized carbons (Fsp3) is 0.444. The fourth-order valence-electron chi connectivity index (χ4n) is 3.64. The smallest absolute Gasteiger partial charge is 0.308 e. The lowest BCUT2D eigenvalue weighted by atomic mass is 9.89. The van der Waals surface area contributed by atoms with Crippen LogP contribution >= 0.6 is 0 Å². The van der Waals surface area contributed by atoms with E-state index in [0.29, 0.717) is 37.4 Å². The van der Waals surface area contributed by atoms with E-state index in [1.807, 2.05) is 12.1 Å². The maximum Gasteiger partial charge on any atom is 0.308 e. The zero-order valence-electron chi connectivity index (χ0n) is 14.7. The Morgan fingerprint density at radius 2 is 2.07 bits per heavy atom. The second-order valence-electron chi connectivity index (χ2n) is 6.72. The summed E-state index contributed by atoms with van der Waals surface area (Å²) in [5, 5.41) is 13.6. The molecule has 0 spiro atoms. The number of rotatable bonds is 6. The molecule has 9 heteroatoms. The zero-order valence-corrected chi connectivity index (χ0v) is 14.7. The molecule has 2 aliphatic heterocycles. The summed E-state index contributed by atoms with van der Waals surface area (Å²) >= 11 is 0. The van der Waals surface area contributed by atoms with Crippen molar-refractivity contribution in [3.63, 3.8) is 0 Å². The lowest BCUT2D eigenvalue weighted by molar-refractivity contribution is -0.141. The summed E-state index contributed by atoms with van der Waals surface area (Å²) < 4.78 is 12.4. The van der Waals surface area contributed by atoms with Crippen LogP contribution in [0.15, 0.2) is 30.9 Å². The molecular weight excluding hydrogens is 352 g/mol. The maximum absolute atomic E-state index is 12.5. The molecule has 1 aromatic carbocycles. The zero-order chi connectivity index (χ0) is 18.8. The minimum Gasteiger partial charge on any atom is -0.481 e. The molecule has 4 rings (SSSR count). The number of carboxylic acids is 1. The first-order valence-electron chi connectivity index (χ1n) is 8.84. The van der Waals surface area contributed by atoms with Gasteiger partial charge in [-0.2, -0.15) is 5.10 Å². The minimum atomic E-state index is -0.893. The number of aromatic nitrogens is 3. The number of fused-ring (bicyclic) bond motifs is 1. The van der Waals surface area contributed by atoms with E-state index in [2.05, 4.69) is 10.1 Å². The highest BCUT2D eigenvalue weighted by Gasteiger charge is 2.40. The Labute approximate surface area is 155 Å². The first kappa shape index (κ1) is 17.3. The standard InChI is InChI=1S/C18H20N4O5/c23-17(2-1-5-22-10-19-9-20-22)21-7-13(14(8-21)18(24)25)12-3-4-15-16(6-12)27-11-26-15/h3-4,6,9-10,13-14H,1-2,5,7-8,11H2,(H,24,25)/t13-,14+/m0/s1. The predicted molar refractivity (Wildman–Crippen MR) is 92.3 cm³/mol. The quantitative estimate of drug-likeness (QED) is 0.809. The SMILES string of the molecule is O=C(O)[C@@H]1CN(C(=O)CCCn2cncn2)C[C@H]1c1ccc2c(c1)OCO2. The average molecular weight is 372 g/mol. The van der Waals surface area contributed by atoms with Crippen molar-refractivity contribution in [2.45, 2.75) is 25.3 Å². The monoisotopic (exact) mass is 372 g/mol. The van der Waals surface area contributed by atoms with Crippen molar-refractivity contribution in [1.82, 2.24) is 19.7 Å². The molecule has 0 unspecified atom stereocenters. The van der Waals surface area contributed by atoms with Crippen molar-refractivity contribution in [3.8, 4) is 11.5 Å². The first-order chi connectivity index (χ1) is 13.1. The van der Waals surface area contributed by atoms with E-state index >= 15 is 0 Å². The number of benzene rings is 1. The molecule has 1 fully saturated rings. The molecule has 1 saturated heterocycles. The Kier molecular flexibility index (Phi) is 4.66. The number of aliphatic carboxylic acids is 1. The number of ether oxygens (including phenoxy) is 2. The summed E-state index contributed by atoms with van der Waals surface area (Å²) in [6.45, 7) is 1.38. The molecule has 1 aromatic heterocycles. The molecule has 0 radical (unpaired) electrons. The third-order valence-electron chi connectivity index (χ3n) is 5.06. The van der Waals surface area contributed by atoms with Gasteiger partial charge in [0.2, 0.25) is 12.7 Å². The minimum absolute atomic E-state index is 0.0374. The van der Waals surface area contributed by atoms with Crippen molar-refractivity contribution >= 4 is 11.9 Å². The molecule has 2 aliphatic rings.